The van der Waals surface area contributed by atoms with Gasteiger partial charge >= 0.3 is 0 Å². The second kappa shape index (κ2) is 5.95. The minimum absolute atomic E-state index is 0.338. The Bertz CT molecular complexity index is 1040. The molecule has 0 aromatic carbocycles. The summed E-state index contributed by atoms with van der Waals surface area (Å²) in [5.41, 5.74) is 2.80. The maximum absolute atomic E-state index is 10.3. The van der Waals surface area contributed by atoms with Gasteiger partial charge in [-0.05, 0) is 38.7 Å². The first kappa shape index (κ1) is 15.6. The number of aromatic nitrogens is 6. The third-order valence-corrected chi connectivity index (χ3v) is 5.61. The molecule has 0 amide bonds. The van der Waals surface area contributed by atoms with Gasteiger partial charge in [0.05, 0.1) is 18.0 Å². The van der Waals surface area contributed by atoms with Crippen molar-refractivity contribution in [2.24, 2.45) is 0 Å². The number of pyridine rings is 1. The number of imidazole rings is 2. The molecule has 7 heteroatoms. The van der Waals surface area contributed by atoms with Crippen LogP contribution in [0.3, 0.4) is 0 Å². The Morgan fingerprint density at radius 2 is 2.04 bits per heavy atom. The lowest BCUT2D eigenvalue weighted by molar-refractivity contribution is 0.175. The van der Waals surface area contributed by atoms with Gasteiger partial charge in [0.1, 0.15) is 23.1 Å². The summed E-state index contributed by atoms with van der Waals surface area (Å²) in [7, 11) is 0. The molecule has 4 aromatic rings. The van der Waals surface area contributed by atoms with Gasteiger partial charge in [-0.2, -0.15) is 0 Å². The predicted molar refractivity (Wildman–Crippen MR) is 98.8 cm³/mol. The maximum Gasteiger partial charge on any atom is 0.139 e. The number of hydrogen-bond acceptors (Lipinski definition) is 4. The Kier molecular flexibility index (Phi) is 3.56. The van der Waals surface area contributed by atoms with Gasteiger partial charge in [0.25, 0.3) is 0 Å². The van der Waals surface area contributed by atoms with Crippen molar-refractivity contribution in [3.05, 3.63) is 43.0 Å². The molecule has 1 saturated carbocycles. The topological polar surface area (TPSA) is 84.5 Å². The maximum atomic E-state index is 10.3. The van der Waals surface area contributed by atoms with Gasteiger partial charge in [0, 0.05) is 36.1 Å². The van der Waals surface area contributed by atoms with Crippen LogP contribution >= 0.6 is 0 Å². The minimum Gasteiger partial charge on any atom is -0.385 e. The Morgan fingerprint density at radius 3 is 2.77 bits per heavy atom. The van der Waals surface area contributed by atoms with Gasteiger partial charge in [0.2, 0.25) is 0 Å². The van der Waals surface area contributed by atoms with E-state index < -0.39 is 6.10 Å². The van der Waals surface area contributed by atoms with Gasteiger partial charge in [-0.3, -0.25) is 0 Å². The quantitative estimate of drug-likeness (QED) is 0.592. The van der Waals surface area contributed by atoms with E-state index in [9.17, 15) is 5.11 Å². The zero-order valence-corrected chi connectivity index (χ0v) is 14.7. The van der Waals surface area contributed by atoms with E-state index in [0.29, 0.717) is 12.1 Å². The summed E-state index contributed by atoms with van der Waals surface area (Å²) in [6, 6.07) is 2.89. The largest absolute Gasteiger partial charge is 0.385 e. The summed E-state index contributed by atoms with van der Waals surface area (Å²) in [6.07, 6.45) is 13.2. The minimum atomic E-state index is -0.609. The van der Waals surface area contributed by atoms with Crippen molar-refractivity contribution >= 4 is 22.1 Å². The Hall–Kier alpha value is -2.67. The molecule has 1 aliphatic rings. The van der Waals surface area contributed by atoms with E-state index >= 15 is 0 Å². The fourth-order valence-corrected chi connectivity index (χ4v) is 4.37. The highest BCUT2D eigenvalue weighted by Gasteiger charge is 2.28. The van der Waals surface area contributed by atoms with Crippen molar-refractivity contribution in [1.29, 1.82) is 0 Å². The highest BCUT2D eigenvalue weighted by Crippen LogP contribution is 2.39. The van der Waals surface area contributed by atoms with Crippen LogP contribution in [0.5, 0.6) is 0 Å². The average Bonchev–Trinajstić information content (AvgIpc) is 3.39. The number of rotatable bonds is 3. The number of nitrogens with one attached hydrogen (secondary N) is 1. The molecule has 2 N–H and O–H groups in total. The number of H-pyrrole nitrogens is 1. The first-order valence-corrected chi connectivity index (χ1v) is 9.22. The van der Waals surface area contributed by atoms with Crippen LogP contribution in [0.1, 0.15) is 56.6 Å². The molecule has 4 heterocycles. The normalized spacial score (nSPS) is 22.2. The van der Waals surface area contributed by atoms with Crippen LogP contribution in [-0.4, -0.2) is 34.2 Å². The molecule has 134 valence electrons. The van der Waals surface area contributed by atoms with Crippen molar-refractivity contribution in [1.82, 2.24) is 29.1 Å². The predicted octanol–water partition coefficient (Wildman–Crippen LogP) is 3.52. The summed E-state index contributed by atoms with van der Waals surface area (Å²) in [5.74, 6) is 0.738. The fourth-order valence-electron chi connectivity index (χ4n) is 4.37. The summed E-state index contributed by atoms with van der Waals surface area (Å²) >= 11 is 0. The second-order valence-corrected chi connectivity index (χ2v) is 7.22. The zero-order chi connectivity index (χ0) is 17.7. The van der Waals surface area contributed by atoms with Gasteiger partial charge in [-0.25, -0.2) is 15.0 Å². The molecule has 0 aliphatic heterocycles. The van der Waals surface area contributed by atoms with E-state index in [0.717, 1.165) is 53.6 Å². The molecule has 1 aliphatic carbocycles. The SMILES string of the molecule is CC(O)c1nc2cnc3[nH]ccc3c2n1C1CCC(n2ccnc2)CC1. The standard InChI is InChI=1S/C19H22N6O/c1-12(26)19-23-16-10-22-18-15(6-7-21-18)17(16)25(19)14-4-2-13(3-5-14)24-9-8-20-11-24/h6-14,26H,2-5H2,1H3,(H,21,22). The smallest absolute Gasteiger partial charge is 0.139 e. The average molecular weight is 350 g/mol. The van der Waals surface area contributed by atoms with Crippen molar-refractivity contribution in [2.75, 3.05) is 0 Å². The van der Waals surface area contributed by atoms with E-state index in [4.69, 9.17) is 4.98 Å². The molecule has 1 unspecified atom stereocenters. The van der Waals surface area contributed by atoms with Crippen LogP contribution in [-0.2, 0) is 0 Å². The lowest BCUT2D eigenvalue weighted by Gasteiger charge is -2.31. The van der Waals surface area contributed by atoms with Gasteiger partial charge < -0.3 is 19.2 Å². The molecule has 0 bridgehead atoms. The van der Waals surface area contributed by atoms with Crippen molar-refractivity contribution < 1.29 is 5.11 Å². The Balaban J connectivity index is 1.57. The van der Waals surface area contributed by atoms with Crippen molar-refractivity contribution in [3.63, 3.8) is 0 Å². The summed E-state index contributed by atoms with van der Waals surface area (Å²) in [5, 5.41) is 11.4. The van der Waals surface area contributed by atoms with E-state index in [1.165, 1.54) is 0 Å². The number of fused-ring (bicyclic) bond motifs is 3. The summed E-state index contributed by atoms with van der Waals surface area (Å²) in [6.45, 7) is 1.79. The van der Waals surface area contributed by atoms with E-state index in [-0.39, 0.29) is 0 Å². The fraction of sp³-hybridized carbons (Fsp3) is 0.421. The summed E-state index contributed by atoms with van der Waals surface area (Å²) < 4.78 is 4.48. The number of aliphatic hydroxyl groups is 1. The molecule has 0 radical (unpaired) electrons. The van der Waals surface area contributed by atoms with Crippen LogP contribution in [0.4, 0.5) is 0 Å². The molecule has 0 saturated heterocycles. The van der Waals surface area contributed by atoms with Crippen LogP contribution in [0, 0.1) is 0 Å². The van der Waals surface area contributed by atoms with Gasteiger partial charge in [-0.1, -0.05) is 0 Å². The van der Waals surface area contributed by atoms with Crippen LogP contribution in [0.2, 0.25) is 0 Å². The highest BCUT2D eigenvalue weighted by molar-refractivity contribution is 6.01. The molecule has 1 atom stereocenters. The van der Waals surface area contributed by atoms with Crippen molar-refractivity contribution in [3.8, 4) is 0 Å². The van der Waals surface area contributed by atoms with E-state index in [1.54, 1.807) is 13.1 Å². The monoisotopic (exact) mass is 350 g/mol. The highest BCUT2D eigenvalue weighted by atomic mass is 16.3. The van der Waals surface area contributed by atoms with Crippen LogP contribution in [0.25, 0.3) is 22.1 Å². The number of aliphatic hydroxyl groups excluding tert-OH is 1. The Labute approximate surface area is 150 Å². The number of aromatic amines is 1. The molecule has 0 spiro atoms. The molecule has 26 heavy (non-hydrogen) atoms. The van der Waals surface area contributed by atoms with Gasteiger partial charge in [0.15, 0.2) is 0 Å². The second-order valence-electron chi connectivity index (χ2n) is 7.22. The number of hydrogen-bond donors (Lipinski definition) is 2. The van der Waals surface area contributed by atoms with Crippen molar-refractivity contribution in [2.45, 2.75) is 50.8 Å². The summed E-state index contributed by atoms with van der Waals surface area (Å²) in [4.78, 5) is 16.5. The lowest BCUT2D eigenvalue weighted by Crippen LogP contribution is -2.22. The van der Waals surface area contributed by atoms with Gasteiger partial charge in [-0.15, -0.1) is 0 Å². The van der Waals surface area contributed by atoms with E-state index in [2.05, 4.69) is 24.1 Å². The van der Waals surface area contributed by atoms with Crippen LogP contribution < -0.4 is 0 Å². The lowest BCUT2D eigenvalue weighted by atomic mass is 9.90. The molecule has 4 aromatic heterocycles. The Morgan fingerprint density at radius 1 is 1.23 bits per heavy atom. The first-order valence-electron chi connectivity index (χ1n) is 9.22. The molecule has 5 rings (SSSR count). The molecular weight excluding hydrogens is 328 g/mol. The molecule has 1 fully saturated rings. The molecule has 7 nitrogen and oxygen atoms in total. The first-order chi connectivity index (χ1) is 12.7. The zero-order valence-electron chi connectivity index (χ0n) is 14.7. The number of nitrogens with zero attached hydrogens (tertiary/aromatic N) is 5. The van der Waals surface area contributed by atoms with E-state index in [1.807, 2.05) is 31.0 Å². The third kappa shape index (κ3) is 2.34. The van der Waals surface area contributed by atoms with Crippen LogP contribution in [0.15, 0.2) is 37.2 Å². The molecular formula is C19H22N6O. The third-order valence-electron chi connectivity index (χ3n) is 5.61.